The number of hydrogen-bond donors (Lipinski definition) is 2. The number of aliphatic imine (C=N–C) groups is 1. The van der Waals surface area contributed by atoms with Gasteiger partial charge in [-0.3, -0.25) is 15.8 Å². The number of amidine groups is 1. The van der Waals surface area contributed by atoms with Gasteiger partial charge in [0.1, 0.15) is 0 Å². The summed E-state index contributed by atoms with van der Waals surface area (Å²) in [5.74, 6) is -0.488. The van der Waals surface area contributed by atoms with Gasteiger partial charge in [-0.2, -0.15) is 0 Å². The lowest BCUT2D eigenvalue weighted by Crippen LogP contribution is -2.37. The summed E-state index contributed by atoms with van der Waals surface area (Å²) in [6, 6.07) is 14.3. The number of anilines is 1. The zero-order valence-corrected chi connectivity index (χ0v) is 14.6. The third-order valence-electron chi connectivity index (χ3n) is 3.00. The minimum absolute atomic E-state index is 0.0618. The van der Waals surface area contributed by atoms with Crippen molar-refractivity contribution in [2.24, 2.45) is 4.99 Å². The van der Waals surface area contributed by atoms with Gasteiger partial charge in [0.15, 0.2) is 0 Å². The summed E-state index contributed by atoms with van der Waals surface area (Å²) >= 11 is 11.9. The quantitative estimate of drug-likeness (QED) is 0.362. The van der Waals surface area contributed by atoms with Crippen LogP contribution in [0.5, 0.6) is 0 Å². The molecule has 2 aromatic rings. The third kappa shape index (κ3) is 5.44. The maximum absolute atomic E-state index is 12.0. The summed E-state index contributed by atoms with van der Waals surface area (Å²) in [6.45, 7) is 2.24. The largest absolute Gasteiger partial charge is 0.460 e. The first-order chi connectivity index (χ1) is 11.6. The van der Waals surface area contributed by atoms with E-state index < -0.39 is 5.97 Å². The van der Waals surface area contributed by atoms with Crippen molar-refractivity contribution in [3.8, 4) is 0 Å². The predicted octanol–water partition coefficient (Wildman–Crippen LogP) is 4.07. The predicted molar refractivity (Wildman–Crippen MR) is 97.4 cm³/mol. The van der Waals surface area contributed by atoms with Crippen molar-refractivity contribution in [2.45, 2.75) is 13.5 Å². The molecule has 2 rings (SSSR count). The Hall–Kier alpha value is -2.24. The Kier molecular flexibility index (Phi) is 6.90. The van der Waals surface area contributed by atoms with E-state index in [1.54, 1.807) is 37.3 Å². The molecule has 0 aliphatic carbocycles. The molecule has 5 nitrogen and oxygen atoms in total. The van der Waals surface area contributed by atoms with Crippen LogP contribution in [0.4, 0.5) is 5.69 Å². The summed E-state index contributed by atoms with van der Waals surface area (Å²) in [6.07, 6.45) is 0. The van der Waals surface area contributed by atoms with Gasteiger partial charge in [0.2, 0.25) is 5.84 Å². The van der Waals surface area contributed by atoms with Crippen LogP contribution in [-0.2, 0) is 16.1 Å². The number of carbonyl (C=O) groups is 1. The van der Waals surface area contributed by atoms with Crippen LogP contribution < -0.4 is 10.9 Å². The van der Waals surface area contributed by atoms with E-state index in [9.17, 15) is 4.79 Å². The van der Waals surface area contributed by atoms with E-state index >= 15 is 0 Å². The molecule has 2 N–H and O–H groups in total. The fraction of sp³-hybridized carbons (Fsp3) is 0.176. The molecule has 0 aliphatic rings. The standard InChI is InChI=1S/C17H17Cl2N3O2/c1-2-24-17(23)16(20-11-12-5-3-4-6-15(12)19)22-21-14-9-7-13(18)8-10-14/h3-10,21H,2,11H2,1H3,(H,20,22). The first-order valence-corrected chi connectivity index (χ1v) is 8.08. The summed E-state index contributed by atoms with van der Waals surface area (Å²) in [5.41, 5.74) is 7.20. The van der Waals surface area contributed by atoms with Crippen LogP contribution in [0.25, 0.3) is 0 Å². The Morgan fingerprint density at radius 2 is 1.83 bits per heavy atom. The average molecular weight is 366 g/mol. The molecule has 0 spiro atoms. The molecule has 0 aliphatic heterocycles. The number of ether oxygens (including phenoxy) is 1. The summed E-state index contributed by atoms with van der Waals surface area (Å²) in [4.78, 5) is 16.3. The van der Waals surface area contributed by atoms with E-state index in [0.717, 1.165) is 11.3 Å². The van der Waals surface area contributed by atoms with E-state index in [1.807, 2.05) is 18.2 Å². The number of nitrogens with one attached hydrogen (secondary N) is 2. The van der Waals surface area contributed by atoms with Crippen molar-refractivity contribution in [1.82, 2.24) is 5.43 Å². The molecule has 0 radical (unpaired) electrons. The molecular weight excluding hydrogens is 349 g/mol. The zero-order chi connectivity index (χ0) is 17.4. The highest BCUT2D eigenvalue weighted by Crippen LogP contribution is 2.16. The number of hydrogen-bond acceptors (Lipinski definition) is 4. The van der Waals surface area contributed by atoms with Crippen LogP contribution in [0.1, 0.15) is 12.5 Å². The molecule has 0 amide bonds. The molecular formula is C17H17Cl2N3O2. The second kappa shape index (κ2) is 9.15. The molecule has 0 aromatic heterocycles. The molecule has 0 unspecified atom stereocenters. The van der Waals surface area contributed by atoms with Gasteiger partial charge in [-0.05, 0) is 42.8 Å². The summed E-state index contributed by atoms with van der Waals surface area (Å²) in [7, 11) is 0. The van der Waals surface area contributed by atoms with E-state index in [-0.39, 0.29) is 19.0 Å². The summed E-state index contributed by atoms with van der Waals surface area (Å²) < 4.78 is 5.00. The fourth-order valence-corrected chi connectivity index (χ4v) is 2.13. The van der Waals surface area contributed by atoms with Gasteiger partial charge in [0.25, 0.3) is 0 Å². The Morgan fingerprint density at radius 1 is 1.12 bits per heavy atom. The number of nitrogens with zero attached hydrogens (tertiary/aromatic N) is 1. The van der Waals surface area contributed by atoms with Crippen LogP contribution in [-0.4, -0.2) is 18.4 Å². The zero-order valence-electron chi connectivity index (χ0n) is 13.1. The van der Waals surface area contributed by atoms with Crippen molar-refractivity contribution in [3.05, 3.63) is 64.1 Å². The highest BCUT2D eigenvalue weighted by atomic mass is 35.5. The number of halogens is 2. The number of esters is 1. The number of benzene rings is 2. The third-order valence-corrected chi connectivity index (χ3v) is 3.62. The Bertz CT molecular complexity index is 718. The maximum atomic E-state index is 12.0. The highest BCUT2D eigenvalue weighted by Gasteiger charge is 2.12. The van der Waals surface area contributed by atoms with Gasteiger partial charge >= 0.3 is 5.97 Å². The summed E-state index contributed by atoms with van der Waals surface area (Å²) in [5, 5.41) is 1.22. The van der Waals surface area contributed by atoms with E-state index in [1.165, 1.54) is 0 Å². The molecule has 0 fully saturated rings. The molecule has 0 atom stereocenters. The van der Waals surface area contributed by atoms with Crippen molar-refractivity contribution < 1.29 is 9.53 Å². The van der Waals surface area contributed by atoms with Crippen molar-refractivity contribution in [3.63, 3.8) is 0 Å². The van der Waals surface area contributed by atoms with E-state index in [2.05, 4.69) is 15.8 Å². The second-order valence-electron chi connectivity index (χ2n) is 4.73. The van der Waals surface area contributed by atoms with E-state index in [0.29, 0.717) is 10.0 Å². The van der Waals surface area contributed by atoms with Gasteiger partial charge in [0.05, 0.1) is 18.8 Å². The lowest BCUT2D eigenvalue weighted by atomic mass is 10.2. The lowest BCUT2D eigenvalue weighted by molar-refractivity contribution is -0.135. The molecule has 0 heterocycles. The van der Waals surface area contributed by atoms with Crippen molar-refractivity contribution in [1.29, 1.82) is 0 Å². The molecule has 7 heteroatoms. The minimum atomic E-state index is -0.550. The lowest BCUT2D eigenvalue weighted by Gasteiger charge is -2.12. The van der Waals surface area contributed by atoms with Crippen LogP contribution in [0.15, 0.2) is 53.5 Å². The van der Waals surface area contributed by atoms with E-state index in [4.69, 9.17) is 27.9 Å². The number of rotatable bonds is 5. The average Bonchev–Trinajstić information content (AvgIpc) is 2.58. The molecule has 0 saturated carbocycles. The van der Waals surface area contributed by atoms with Crippen LogP contribution in [0.3, 0.4) is 0 Å². The molecule has 126 valence electrons. The molecule has 0 bridgehead atoms. The Labute approximate surface area is 150 Å². The maximum Gasteiger partial charge on any atom is 0.375 e. The SMILES string of the molecule is CCOC(=O)C(=NCc1ccccc1Cl)NNc1ccc(Cl)cc1. The van der Waals surface area contributed by atoms with Gasteiger partial charge < -0.3 is 4.74 Å². The topological polar surface area (TPSA) is 62.7 Å². The molecule has 2 aromatic carbocycles. The monoisotopic (exact) mass is 365 g/mol. The number of carbonyl (C=O) groups excluding carboxylic acids is 1. The van der Waals surface area contributed by atoms with Gasteiger partial charge in [-0.15, -0.1) is 0 Å². The first kappa shape index (κ1) is 18.1. The highest BCUT2D eigenvalue weighted by molar-refractivity contribution is 6.35. The van der Waals surface area contributed by atoms with Gasteiger partial charge in [-0.25, -0.2) is 4.79 Å². The molecule has 24 heavy (non-hydrogen) atoms. The Morgan fingerprint density at radius 3 is 2.50 bits per heavy atom. The van der Waals surface area contributed by atoms with Crippen molar-refractivity contribution >= 4 is 40.7 Å². The van der Waals surface area contributed by atoms with Crippen LogP contribution in [0, 0.1) is 0 Å². The minimum Gasteiger partial charge on any atom is -0.460 e. The normalized spacial score (nSPS) is 11.0. The molecule has 0 saturated heterocycles. The second-order valence-corrected chi connectivity index (χ2v) is 5.58. The smallest absolute Gasteiger partial charge is 0.375 e. The fourth-order valence-electron chi connectivity index (χ4n) is 1.81. The number of hydrazine groups is 1. The van der Waals surface area contributed by atoms with Gasteiger partial charge in [0, 0.05) is 10.0 Å². The van der Waals surface area contributed by atoms with Gasteiger partial charge in [-0.1, -0.05) is 41.4 Å². The van der Waals surface area contributed by atoms with Crippen LogP contribution >= 0.6 is 23.2 Å². The van der Waals surface area contributed by atoms with Crippen LogP contribution in [0.2, 0.25) is 10.0 Å². The first-order valence-electron chi connectivity index (χ1n) is 7.32. The van der Waals surface area contributed by atoms with Crippen molar-refractivity contribution in [2.75, 3.05) is 12.0 Å². The Balaban J connectivity index is 2.09.